The van der Waals surface area contributed by atoms with Crippen LogP contribution in [0.5, 0.6) is 0 Å². The van der Waals surface area contributed by atoms with E-state index in [-0.39, 0.29) is 12.2 Å². The SMILES string of the molecule is Cc1ccc(CCl)cc1S(=O)(=O)N1C[C@@H](C)O[C@@H](C)C1. The van der Waals surface area contributed by atoms with Crippen molar-refractivity contribution in [3.05, 3.63) is 29.3 Å². The molecule has 1 heterocycles. The van der Waals surface area contributed by atoms with E-state index >= 15 is 0 Å². The number of halogens is 1. The van der Waals surface area contributed by atoms with Gasteiger partial charge in [0.05, 0.1) is 17.1 Å². The Kier molecular flexibility index (Phi) is 4.74. The van der Waals surface area contributed by atoms with E-state index in [0.29, 0.717) is 23.9 Å². The fraction of sp³-hybridized carbons (Fsp3) is 0.571. The largest absolute Gasteiger partial charge is 0.373 e. The van der Waals surface area contributed by atoms with Crippen molar-refractivity contribution in [3.63, 3.8) is 0 Å². The summed E-state index contributed by atoms with van der Waals surface area (Å²) in [7, 11) is -3.50. The minimum atomic E-state index is -3.50. The lowest BCUT2D eigenvalue weighted by atomic mass is 10.2. The van der Waals surface area contributed by atoms with Gasteiger partial charge in [0.1, 0.15) is 0 Å². The van der Waals surface area contributed by atoms with Crippen molar-refractivity contribution in [2.75, 3.05) is 13.1 Å². The number of hydrogen-bond donors (Lipinski definition) is 0. The number of alkyl halides is 1. The van der Waals surface area contributed by atoms with Crippen LogP contribution in [-0.2, 0) is 20.6 Å². The highest BCUT2D eigenvalue weighted by Gasteiger charge is 2.33. The van der Waals surface area contributed by atoms with Gasteiger partial charge in [0.25, 0.3) is 0 Å². The molecule has 4 nitrogen and oxygen atoms in total. The second-order valence-corrected chi connectivity index (χ2v) is 7.49. The van der Waals surface area contributed by atoms with Gasteiger partial charge in [-0.15, -0.1) is 11.6 Å². The Morgan fingerprint density at radius 3 is 2.45 bits per heavy atom. The van der Waals surface area contributed by atoms with E-state index in [4.69, 9.17) is 16.3 Å². The first-order chi connectivity index (χ1) is 9.34. The van der Waals surface area contributed by atoms with Gasteiger partial charge in [0.2, 0.25) is 10.0 Å². The molecule has 20 heavy (non-hydrogen) atoms. The summed E-state index contributed by atoms with van der Waals surface area (Å²) in [5.41, 5.74) is 1.55. The first-order valence-electron chi connectivity index (χ1n) is 6.65. The molecule has 112 valence electrons. The van der Waals surface area contributed by atoms with E-state index in [1.807, 2.05) is 19.9 Å². The van der Waals surface area contributed by atoms with Crippen LogP contribution < -0.4 is 0 Å². The van der Waals surface area contributed by atoms with Crippen molar-refractivity contribution in [1.29, 1.82) is 0 Å². The van der Waals surface area contributed by atoms with Crippen molar-refractivity contribution in [1.82, 2.24) is 4.31 Å². The molecule has 1 aliphatic rings. The van der Waals surface area contributed by atoms with Crippen molar-refractivity contribution in [2.45, 2.75) is 43.8 Å². The Hall–Kier alpha value is -0.620. The molecule has 1 aromatic carbocycles. The monoisotopic (exact) mass is 317 g/mol. The van der Waals surface area contributed by atoms with E-state index in [1.54, 1.807) is 19.1 Å². The molecule has 0 radical (unpaired) electrons. The molecule has 0 amide bonds. The van der Waals surface area contributed by atoms with Crippen LogP contribution in [0.3, 0.4) is 0 Å². The number of sulfonamides is 1. The standard InChI is InChI=1S/C14H20ClNO3S/c1-10-4-5-13(7-15)6-14(10)20(17,18)16-8-11(2)19-12(3)9-16/h4-6,11-12H,7-9H2,1-3H3/t11-,12+. The molecule has 0 aliphatic carbocycles. The fourth-order valence-electron chi connectivity index (χ4n) is 2.47. The highest BCUT2D eigenvalue weighted by molar-refractivity contribution is 7.89. The zero-order valence-corrected chi connectivity index (χ0v) is 13.5. The molecule has 1 aliphatic heterocycles. The predicted molar refractivity (Wildman–Crippen MR) is 79.5 cm³/mol. The lowest BCUT2D eigenvalue weighted by molar-refractivity contribution is -0.0440. The van der Waals surface area contributed by atoms with Gasteiger partial charge in [-0.05, 0) is 38.0 Å². The molecule has 6 heteroatoms. The van der Waals surface area contributed by atoms with E-state index in [9.17, 15) is 8.42 Å². The lowest BCUT2D eigenvalue weighted by Gasteiger charge is -2.34. The number of ether oxygens (including phenoxy) is 1. The van der Waals surface area contributed by atoms with Crippen molar-refractivity contribution >= 4 is 21.6 Å². The molecule has 0 unspecified atom stereocenters. The first kappa shape index (κ1) is 15.8. The molecular formula is C14H20ClNO3S. The third-order valence-corrected chi connectivity index (χ3v) is 5.69. The average molecular weight is 318 g/mol. The summed E-state index contributed by atoms with van der Waals surface area (Å²) < 4.78 is 32.7. The van der Waals surface area contributed by atoms with Gasteiger partial charge >= 0.3 is 0 Å². The topological polar surface area (TPSA) is 46.6 Å². The normalized spacial score (nSPS) is 24.8. The minimum absolute atomic E-state index is 0.0926. The number of benzene rings is 1. The van der Waals surface area contributed by atoms with Crippen LogP contribution in [0.25, 0.3) is 0 Å². The van der Waals surface area contributed by atoms with Crippen LogP contribution in [0.15, 0.2) is 23.1 Å². The first-order valence-corrected chi connectivity index (χ1v) is 8.63. The molecule has 0 N–H and O–H groups in total. The van der Waals surface area contributed by atoms with E-state index < -0.39 is 10.0 Å². The Balaban J connectivity index is 2.39. The van der Waals surface area contributed by atoms with Crippen molar-refractivity contribution < 1.29 is 13.2 Å². The molecule has 2 rings (SSSR count). The second-order valence-electron chi connectivity index (χ2n) is 5.31. The van der Waals surface area contributed by atoms with E-state index in [2.05, 4.69) is 0 Å². The predicted octanol–water partition coefficient (Wildman–Crippen LogP) is 2.53. The zero-order valence-electron chi connectivity index (χ0n) is 12.0. The van der Waals surface area contributed by atoms with Crippen LogP contribution in [0.2, 0.25) is 0 Å². The third kappa shape index (κ3) is 3.17. The number of hydrogen-bond acceptors (Lipinski definition) is 3. The van der Waals surface area contributed by atoms with Gasteiger partial charge in [-0.3, -0.25) is 0 Å². The summed E-state index contributed by atoms with van der Waals surface area (Å²) in [4.78, 5) is 0.344. The molecule has 0 aromatic heterocycles. The highest BCUT2D eigenvalue weighted by atomic mass is 35.5. The van der Waals surface area contributed by atoms with Crippen LogP contribution in [0.1, 0.15) is 25.0 Å². The van der Waals surface area contributed by atoms with Crippen molar-refractivity contribution in [3.8, 4) is 0 Å². The number of aryl methyl sites for hydroxylation is 1. The number of nitrogens with zero attached hydrogens (tertiary/aromatic N) is 1. The maximum atomic E-state index is 12.8. The molecule has 0 spiro atoms. The van der Waals surface area contributed by atoms with E-state index in [0.717, 1.165) is 11.1 Å². The molecular weight excluding hydrogens is 298 g/mol. The number of morpholine rings is 1. The van der Waals surface area contributed by atoms with Crippen LogP contribution in [0, 0.1) is 6.92 Å². The summed E-state index contributed by atoms with van der Waals surface area (Å²) in [6.07, 6.45) is -0.185. The van der Waals surface area contributed by atoms with E-state index in [1.165, 1.54) is 4.31 Å². The fourth-order valence-corrected chi connectivity index (χ4v) is 4.50. The second kappa shape index (κ2) is 6.02. The summed E-state index contributed by atoms with van der Waals surface area (Å²) >= 11 is 5.81. The van der Waals surface area contributed by atoms with Crippen molar-refractivity contribution in [2.24, 2.45) is 0 Å². The molecule has 0 bridgehead atoms. The van der Waals surface area contributed by atoms with Gasteiger partial charge in [-0.1, -0.05) is 12.1 Å². The third-order valence-electron chi connectivity index (χ3n) is 3.41. The maximum absolute atomic E-state index is 12.8. The summed E-state index contributed by atoms with van der Waals surface area (Å²) in [5, 5.41) is 0. The minimum Gasteiger partial charge on any atom is -0.373 e. The smallest absolute Gasteiger partial charge is 0.243 e. The number of rotatable bonds is 3. The van der Waals surface area contributed by atoms with Gasteiger partial charge in [0, 0.05) is 19.0 Å². The Bertz CT molecular complexity index is 578. The molecule has 1 aromatic rings. The summed E-state index contributed by atoms with van der Waals surface area (Å²) in [6, 6.07) is 5.33. The van der Waals surface area contributed by atoms with Gasteiger partial charge in [-0.25, -0.2) is 8.42 Å². The maximum Gasteiger partial charge on any atom is 0.243 e. The van der Waals surface area contributed by atoms with Crippen LogP contribution in [-0.4, -0.2) is 38.0 Å². The van der Waals surface area contributed by atoms with Gasteiger partial charge in [0.15, 0.2) is 0 Å². The Morgan fingerprint density at radius 1 is 1.30 bits per heavy atom. The quantitative estimate of drug-likeness (QED) is 0.805. The van der Waals surface area contributed by atoms with Crippen LogP contribution >= 0.6 is 11.6 Å². The molecule has 2 atom stereocenters. The molecule has 1 fully saturated rings. The summed E-state index contributed by atoms with van der Waals surface area (Å²) in [6.45, 7) is 6.35. The Labute approximate surface area is 125 Å². The summed E-state index contributed by atoms with van der Waals surface area (Å²) in [5.74, 6) is 0.304. The molecule has 1 saturated heterocycles. The average Bonchev–Trinajstić information content (AvgIpc) is 2.38. The molecule has 0 saturated carbocycles. The zero-order chi connectivity index (χ0) is 14.9. The lowest BCUT2D eigenvalue weighted by Crippen LogP contribution is -2.48. The Morgan fingerprint density at radius 2 is 1.90 bits per heavy atom. The van der Waals surface area contributed by atoms with Crippen LogP contribution in [0.4, 0.5) is 0 Å². The van der Waals surface area contributed by atoms with Gasteiger partial charge in [-0.2, -0.15) is 4.31 Å². The highest BCUT2D eigenvalue weighted by Crippen LogP contribution is 2.25. The van der Waals surface area contributed by atoms with Gasteiger partial charge < -0.3 is 4.74 Å².